The van der Waals surface area contributed by atoms with E-state index in [-0.39, 0.29) is 11.8 Å². The van der Waals surface area contributed by atoms with Crippen molar-refractivity contribution >= 4 is 29.0 Å². The van der Waals surface area contributed by atoms with E-state index in [1.807, 2.05) is 12.1 Å². The van der Waals surface area contributed by atoms with Gasteiger partial charge in [-0.25, -0.2) is 9.18 Å². The summed E-state index contributed by atoms with van der Waals surface area (Å²) in [6.07, 6.45) is 0.869. The fourth-order valence-corrected chi connectivity index (χ4v) is 3.26. The number of amides is 2. The average Bonchev–Trinajstić information content (AvgIpc) is 2.68. The number of carbonyl (C=O) groups excluding carboxylic acids is 1. The minimum atomic E-state index is -0.221. The van der Waals surface area contributed by atoms with Crippen LogP contribution in [0.1, 0.15) is 6.42 Å². The van der Waals surface area contributed by atoms with Crippen LogP contribution in [0.15, 0.2) is 48.5 Å². The molecule has 0 saturated carbocycles. The second-order valence-corrected chi connectivity index (χ2v) is 6.96. The molecule has 27 heavy (non-hydrogen) atoms. The quantitative estimate of drug-likeness (QED) is 0.737. The number of benzene rings is 2. The summed E-state index contributed by atoms with van der Waals surface area (Å²) in [5.41, 5.74) is 1.39. The molecule has 2 aromatic rings. The zero-order chi connectivity index (χ0) is 19.1. The van der Waals surface area contributed by atoms with E-state index in [0.717, 1.165) is 39.1 Å². The Kier molecular flexibility index (Phi) is 6.90. The third kappa shape index (κ3) is 5.84. The number of carbonyl (C=O) groups is 1. The summed E-state index contributed by atoms with van der Waals surface area (Å²) in [5, 5.41) is 6.27. The molecular formula is C20H24ClFN4O. The largest absolute Gasteiger partial charge is 0.367 e. The summed E-state index contributed by atoms with van der Waals surface area (Å²) in [4.78, 5) is 16.3. The van der Waals surface area contributed by atoms with E-state index in [4.69, 9.17) is 11.6 Å². The van der Waals surface area contributed by atoms with Crippen LogP contribution in [0, 0.1) is 5.82 Å². The highest BCUT2D eigenvalue weighted by molar-refractivity contribution is 6.30. The van der Waals surface area contributed by atoms with Gasteiger partial charge in [-0.15, -0.1) is 0 Å². The third-order valence-corrected chi connectivity index (χ3v) is 4.86. The number of urea groups is 1. The first-order chi connectivity index (χ1) is 13.1. The molecule has 2 N–H and O–H groups in total. The van der Waals surface area contributed by atoms with Gasteiger partial charge in [0.1, 0.15) is 5.82 Å². The minimum absolute atomic E-state index is 0.165. The molecule has 0 spiro atoms. The van der Waals surface area contributed by atoms with Gasteiger partial charge in [0.25, 0.3) is 0 Å². The maximum absolute atomic E-state index is 13.9. The number of hydrogen-bond donors (Lipinski definition) is 2. The van der Waals surface area contributed by atoms with Gasteiger partial charge in [-0.05, 0) is 49.4 Å². The number of anilines is 2. The molecule has 0 aliphatic carbocycles. The molecule has 144 valence electrons. The molecule has 3 rings (SSSR count). The molecule has 2 amide bonds. The highest BCUT2D eigenvalue weighted by Gasteiger charge is 2.18. The maximum atomic E-state index is 13.9. The van der Waals surface area contributed by atoms with Gasteiger partial charge in [0, 0.05) is 43.4 Å². The van der Waals surface area contributed by atoms with Gasteiger partial charge in [-0.1, -0.05) is 23.7 Å². The van der Waals surface area contributed by atoms with Gasteiger partial charge in [0.05, 0.1) is 5.69 Å². The number of rotatable bonds is 6. The smallest absolute Gasteiger partial charge is 0.319 e. The van der Waals surface area contributed by atoms with Crippen molar-refractivity contribution in [2.45, 2.75) is 6.42 Å². The summed E-state index contributed by atoms with van der Waals surface area (Å²) < 4.78 is 13.9. The van der Waals surface area contributed by atoms with Crippen LogP contribution in [-0.2, 0) is 0 Å². The zero-order valence-corrected chi connectivity index (χ0v) is 15.9. The van der Waals surface area contributed by atoms with Crippen LogP contribution < -0.4 is 15.5 Å². The molecule has 0 radical (unpaired) electrons. The molecule has 0 unspecified atom stereocenters. The Bertz CT molecular complexity index is 748. The number of para-hydroxylation sites is 1. The van der Waals surface area contributed by atoms with E-state index in [0.29, 0.717) is 22.9 Å². The summed E-state index contributed by atoms with van der Waals surface area (Å²) in [6, 6.07) is 13.7. The second kappa shape index (κ2) is 9.58. The molecule has 0 bridgehead atoms. The van der Waals surface area contributed by atoms with Crippen molar-refractivity contribution in [2.75, 3.05) is 49.5 Å². The predicted octanol–water partition coefficient (Wildman–Crippen LogP) is 3.81. The fourth-order valence-electron chi connectivity index (χ4n) is 3.13. The second-order valence-electron chi connectivity index (χ2n) is 6.52. The number of nitrogens with one attached hydrogen (secondary N) is 2. The van der Waals surface area contributed by atoms with E-state index in [1.165, 1.54) is 6.07 Å². The Morgan fingerprint density at radius 1 is 1.04 bits per heavy atom. The Morgan fingerprint density at radius 3 is 2.44 bits per heavy atom. The van der Waals surface area contributed by atoms with Gasteiger partial charge in [0.15, 0.2) is 0 Å². The zero-order valence-electron chi connectivity index (χ0n) is 15.1. The average molecular weight is 391 g/mol. The molecule has 1 saturated heterocycles. The molecule has 2 aromatic carbocycles. The van der Waals surface area contributed by atoms with Crippen molar-refractivity contribution in [1.82, 2.24) is 10.2 Å². The molecular weight excluding hydrogens is 367 g/mol. The SMILES string of the molecule is O=C(NCCCN1CCN(c2ccccc2F)CC1)Nc1ccc(Cl)cc1. The van der Waals surface area contributed by atoms with Crippen molar-refractivity contribution in [3.63, 3.8) is 0 Å². The van der Waals surface area contributed by atoms with E-state index in [2.05, 4.69) is 20.4 Å². The highest BCUT2D eigenvalue weighted by Crippen LogP contribution is 2.20. The lowest BCUT2D eigenvalue weighted by Gasteiger charge is -2.36. The summed E-state index contributed by atoms with van der Waals surface area (Å²) in [5.74, 6) is -0.165. The Balaban J connectivity index is 1.32. The van der Waals surface area contributed by atoms with Crippen LogP contribution in [0.4, 0.5) is 20.6 Å². The monoisotopic (exact) mass is 390 g/mol. The van der Waals surface area contributed by atoms with Crippen molar-refractivity contribution in [3.05, 3.63) is 59.4 Å². The number of nitrogens with zero attached hydrogens (tertiary/aromatic N) is 2. The minimum Gasteiger partial charge on any atom is -0.367 e. The Labute approximate surface area is 164 Å². The van der Waals surface area contributed by atoms with Gasteiger partial charge in [-0.3, -0.25) is 4.90 Å². The summed E-state index contributed by atoms with van der Waals surface area (Å²) in [6.45, 7) is 4.92. The summed E-state index contributed by atoms with van der Waals surface area (Å²) in [7, 11) is 0. The van der Waals surface area contributed by atoms with Crippen LogP contribution >= 0.6 is 11.6 Å². The first-order valence-corrected chi connectivity index (χ1v) is 9.52. The maximum Gasteiger partial charge on any atom is 0.319 e. The van der Waals surface area contributed by atoms with Gasteiger partial charge >= 0.3 is 6.03 Å². The van der Waals surface area contributed by atoms with Gasteiger partial charge < -0.3 is 15.5 Å². The fraction of sp³-hybridized carbons (Fsp3) is 0.350. The molecule has 1 heterocycles. The molecule has 1 aliphatic heterocycles. The van der Waals surface area contributed by atoms with Gasteiger partial charge in [-0.2, -0.15) is 0 Å². The molecule has 7 heteroatoms. The van der Waals surface area contributed by atoms with E-state index in [1.54, 1.807) is 30.3 Å². The topological polar surface area (TPSA) is 47.6 Å². The van der Waals surface area contributed by atoms with Crippen molar-refractivity contribution in [3.8, 4) is 0 Å². The molecule has 1 fully saturated rings. The van der Waals surface area contributed by atoms with Crippen molar-refractivity contribution < 1.29 is 9.18 Å². The highest BCUT2D eigenvalue weighted by atomic mass is 35.5. The first-order valence-electron chi connectivity index (χ1n) is 9.14. The molecule has 0 aromatic heterocycles. The third-order valence-electron chi connectivity index (χ3n) is 4.60. The van der Waals surface area contributed by atoms with Crippen LogP contribution in [-0.4, -0.2) is 50.2 Å². The van der Waals surface area contributed by atoms with Crippen LogP contribution in [0.3, 0.4) is 0 Å². The molecule has 0 atom stereocenters. The number of hydrogen-bond acceptors (Lipinski definition) is 3. The lowest BCUT2D eigenvalue weighted by molar-refractivity contribution is 0.244. The number of piperazine rings is 1. The Morgan fingerprint density at radius 2 is 1.74 bits per heavy atom. The molecule has 5 nitrogen and oxygen atoms in total. The lowest BCUT2D eigenvalue weighted by atomic mass is 10.2. The van der Waals surface area contributed by atoms with E-state index < -0.39 is 0 Å². The lowest BCUT2D eigenvalue weighted by Crippen LogP contribution is -2.47. The van der Waals surface area contributed by atoms with E-state index >= 15 is 0 Å². The molecule has 1 aliphatic rings. The van der Waals surface area contributed by atoms with Crippen molar-refractivity contribution in [2.24, 2.45) is 0 Å². The predicted molar refractivity (Wildman–Crippen MR) is 108 cm³/mol. The standard InChI is InChI=1S/C20H24ClFN4O/c21-16-6-8-17(9-7-16)24-20(27)23-10-3-11-25-12-14-26(15-13-25)19-5-2-1-4-18(19)22/h1-2,4-9H,3,10-15H2,(H2,23,24,27). The van der Waals surface area contributed by atoms with Crippen LogP contribution in [0.25, 0.3) is 0 Å². The normalized spacial score (nSPS) is 14.8. The van der Waals surface area contributed by atoms with Crippen LogP contribution in [0.2, 0.25) is 5.02 Å². The van der Waals surface area contributed by atoms with E-state index in [9.17, 15) is 9.18 Å². The van der Waals surface area contributed by atoms with Gasteiger partial charge in [0.2, 0.25) is 0 Å². The van der Waals surface area contributed by atoms with Crippen LogP contribution in [0.5, 0.6) is 0 Å². The first kappa shape index (κ1) is 19.5. The number of halogens is 2. The summed E-state index contributed by atoms with van der Waals surface area (Å²) >= 11 is 5.82. The van der Waals surface area contributed by atoms with Crippen molar-refractivity contribution in [1.29, 1.82) is 0 Å². The Hall–Kier alpha value is -2.31.